The number of benzene rings is 1. The summed E-state index contributed by atoms with van der Waals surface area (Å²) in [6.07, 6.45) is 3.62. The topological polar surface area (TPSA) is 63.7 Å². The fourth-order valence-electron chi connectivity index (χ4n) is 3.44. The van der Waals surface area contributed by atoms with Crippen LogP contribution in [-0.2, 0) is 14.4 Å². The smallest absolute Gasteiger partial charge is 0.312 e. The van der Waals surface area contributed by atoms with Gasteiger partial charge in [-0.2, -0.15) is 0 Å². The van der Waals surface area contributed by atoms with E-state index >= 15 is 0 Å². The van der Waals surface area contributed by atoms with Crippen molar-refractivity contribution in [1.29, 1.82) is 0 Å². The minimum Gasteiger partial charge on any atom is -0.426 e. The molecule has 122 valence electrons. The van der Waals surface area contributed by atoms with E-state index in [4.69, 9.17) is 4.74 Å². The summed E-state index contributed by atoms with van der Waals surface area (Å²) < 4.78 is 5.23. The van der Waals surface area contributed by atoms with E-state index in [-0.39, 0.29) is 36.6 Å². The van der Waals surface area contributed by atoms with Crippen LogP contribution in [0.2, 0.25) is 0 Å². The van der Waals surface area contributed by atoms with Crippen molar-refractivity contribution in [3.8, 4) is 5.75 Å². The Hall–Kier alpha value is -2.17. The Labute approximate surface area is 135 Å². The lowest BCUT2D eigenvalue weighted by atomic mass is 9.81. The molecule has 1 aromatic carbocycles. The third kappa shape index (κ3) is 3.28. The predicted octanol–water partition coefficient (Wildman–Crippen LogP) is 2.47. The Morgan fingerprint density at radius 1 is 1.09 bits per heavy atom. The zero-order chi connectivity index (χ0) is 16.4. The average Bonchev–Trinajstić information content (AvgIpc) is 2.80. The number of nitrogens with zero attached hydrogens (tertiary/aromatic N) is 1. The molecule has 0 bridgehead atoms. The van der Waals surface area contributed by atoms with Gasteiger partial charge in [-0.3, -0.25) is 19.3 Å². The highest BCUT2D eigenvalue weighted by Crippen LogP contribution is 2.37. The van der Waals surface area contributed by atoms with Gasteiger partial charge in [-0.15, -0.1) is 0 Å². The number of hydrogen-bond donors (Lipinski definition) is 0. The molecule has 2 fully saturated rings. The van der Waals surface area contributed by atoms with E-state index in [1.807, 2.05) is 19.1 Å². The molecule has 3 rings (SSSR count). The van der Waals surface area contributed by atoms with Crippen molar-refractivity contribution in [3.05, 3.63) is 29.8 Å². The van der Waals surface area contributed by atoms with Gasteiger partial charge < -0.3 is 4.74 Å². The van der Waals surface area contributed by atoms with Crippen LogP contribution in [0.5, 0.6) is 5.75 Å². The van der Waals surface area contributed by atoms with Crippen LogP contribution in [0.25, 0.3) is 0 Å². The molecule has 0 N–H and O–H groups in total. The third-order valence-corrected chi connectivity index (χ3v) is 4.72. The van der Waals surface area contributed by atoms with Crippen molar-refractivity contribution >= 4 is 17.8 Å². The van der Waals surface area contributed by atoms with Crippen LogP contribution in [-0.4, -0.2) is 29.2 Å². The second-order valence-corrected chi connectivity index (χ2v) is 6.36. The van der Waals surface area contributed by atoms with Gasteiger partial charge in [0, 0.05) is 6.54 Å². The first-order chi connectivity index (χ1) is 11.1. The molecule has 1 heterocycles. The number of carbonyl (C=O) groups excluding carboxylic acids is 3. The van der Waals surface area contributed by atoms with Crippen LogP contribution in [0.3, 0.4) is 0 Å². The molecule has 5 nitrogen and oxygen atoms in total. The minimum atomic E-state index is -0.427. The van der Waals surface area contributed by atoms with Crippen molar-refractivity contribution in [3.63, 3.8) is 0 Å². The van der Waals surface area contributed by atoms with Crippen molar-refractivity contribution in [2.24, 2.45) is 11.8 Å². The van der Waals surface area contributed by atoms with Crippen LogP contribution in [0.4, 0.5) is 0 Å². The van der Waals surface area contributed by atoms with E-state index in [2.05, 4.69) is 0 Å². The van der Waals surface area contributed by atoms with Gasteiger partial charge in [0.15, 0.2) is 0 Å². The third-order valence-electron chi connectivity index (χ3n) is 4.72. The van der Waals surface area contributed by atoms with Gasteiger partial charge in [-0.1, -0.05) is 30.5 Å². The molecule has 2 aliphatic rings. The second kappa shape index (κ2) is 6.52. The Kier molecular flexibility index (Phi) is 4.46. The fraction of sp³-hybridized carbons (Fsp3) is 0.500. The monoisotopic (exact) mass is 315 g/mol. The highest BCUT2D eigenvalue weighted by atomic mass is 16.5. The van der Waals surface area contributed by atoms with E-state index in [0.29, 0.717) is 5.75 Å². The zero-order valence-electron chi connectivity index (χ0n) is 13.3. The molecule has 2 amide bonds. The Morgan fingerprint density at radius 3 is 2.22 bits per heavy atom. The van der Waals surface area contributed by atoms with E-state index < -0.39 is 5.97 Å². The average molecular weight is 315 g/mol. The number of imide groups is 1. The van der Waals surface area contributed by atoms with Gasteiger partial charge in [-0.05, 0) is 31.9 Å². The number of rotatable bonds is 4. The van der Waals surface area contributed by atoms with Gasteiger partial charge in [-0.25, -0.2) is 0 Å². The quantitative estimate of drug-likeness (QED) is 0.486. The molecule has 2 unspecified atom stereocenters. The number of hydrogen-bond acceptors (Lipinski definition) is 4. The largest absolute Gasteiger partial charge is 0.426 e. The standard InChI is InChI=1S/C18H21NO4/c1-12-6-8-13(9-7-12)23-16(20)10-11-19-17(21)14-4-2-3-5-15(14)18(19)22/h6-9,14-15H,2-5,10-11H2,1H3. The molecular weight excluding hydrogens is 294 g/mol. The van der Waals surface area contributed by atoms with Crippen molar-refractivity contribution < 1.29 is 19.1 Å². The number of amides is 2. The number of carbonyl (C=O) groups is 3. The lowest BCUT2D eigenvalue weighted by molar-refractivity contribution is -0.141. The van der Waals surface area contributed by atoms with Crippen molar-refractivity contribution in [2.45, 2.75) is 39.0 Å². The molecule has 1 aliphatic heterocycles. The van der Waals surface area contributed by atoms with E-state index in [1.54, 1.807) is 12.1 Å². The Bertz CT molecular complexity index is 598. The normalized spacial score (nSPS) is 23.8. The zero-order valence-corrected chi connectivity index (χ0v) is 13.3. The summed E-state index contributed by atoms with van der Waals surface area (Å²) in [5.41, 5.74) is 1.08. The van der Waals surface area contributed by atoms with Gasteiger partial charge in [0.25, 0.3) is 0 Å². The number of aryl methyl sites for hydroxylation is 1. The van der Waals surface area contributed by atoms with E-state index in [0.717, 1.165) is 31.2 Å². The molecule has 2 atom stereocenters. The van der Waals surface area contributed by atoms with Crippen LogP contribution >= 0.6 is 0 Å². The van der Waals surface area contributed by atoms with E-state index in [1.165, 1.54) is 4.90 Å². The number of likely N-dealkylation sites (tertiary alicyclic amines) is 1. The summed E-state index contributed by atoms with van der Waals surface area (Å²) in [7, 11) is 0. The Morgan fingerprint density at radius 2 is 1.65 bits per heavy atom. The maximum atomic E-state index is 12.3. The molecule has 1 aliphatic carbocycles. The lowest BCUT2D eigenvalue weighted by Gasteiger charge is -2.19. The molecule has 0 aromatic heterocycles. The van der Waals surface area contributed by atoms with Crippen LogP contribution in [0, 0.1) is 18.8 Å². The summed E-state index contributed by atoms with van der Waals surface area (Å²) in [6.45, 7) is 2.07. The van der Waals surface area contributed by atoms with Gasteiger partial charge >= 0.3 is 5.97 Å². The van der Waals surface area contributed by atoms with Crippen LogP contribution in [0.15, 0.2) is 24.3 Å². The van der Waals surface area contributed by atoms with Crippen LogP contribution in [0.1, 0.15) is 37.7 Å². The molecule has 0 spiro atoms. The number of fused-ring (bicyclic) bond motifs is 1. The predicted molar refractivity (Wildman–Crippen MR) is 83.6 cm³/mol. The summed E-state index contributed by atoms with van der Waals surface area (Å²) >= 11 is 0. The molecule has 0 radical (unpaired) electrons. The SMILES string of the molecule is Cc1ccc(OC(=O)CCN2C(=O)C3CCCCC3C2=O)cc1. The lowest BCUT2D eigenvalue weighted by Crippen LogP contribution is -2.33. The molecular formula is C18H21NO4. The first-order valence-electron chi connectivity index (χ1n) is 8.19. The molecule has 1 aromatic rings. The Balaban J connectivity index is 1.55. The van der Waals surface area contributed by atoms with Crippen LogP contribution < -0.4 is 4.74 Å². The van der Waals surface area contributed by atoms with Gasteiger partial charge in [0.05, 0.1) is 18.3 Å². The second-order valence-electron chi connectivity index (χ2n) is 6.36. The first kappa shape index (κ1) is 15.7. The summed E-state index contributed by atoms with van der Waals surface area (Å²) in [5, 5.41) is 0. The number of esters is 1. The molecule has 5 heteroatoms. The first-order valence-corrected chi connectivity index (χ1v) is 8.19. The van der Waals surface area contributed by atoms with Gasteiger partial charge in [0.1, 0.15) is 5.75 Å². The number of ether oxygens (including phenoxy) is 1. The minimum absolute atomic E-state index is 0.0325. The van der Waals surface area contributed by atoms with Gasteiger partial charge in [0.2, 0.25) is 11.8 Å². The summed E-state index contributed by atoms with van der Waals surface area (Å²) in [6, 6.07) is 7.18. The fourth-order valence-corrected chi connectivity index (χ4v) is 3.44. The maximum Gasteiger partial charge on any atom is 0.312 e. The highest BCUT2D eigenvalue weighted by Gasteiger charge is 2.47. The highest BCUT2D eigenvalue weighted by molar-refractivity contribution is 6.05. The molecule has 1 saturated heterocycles. The van der Waals surface area contributed by atoms with E-state index in [9.17, 15) is 14.4 Å². The molecule has 1 saturated carbocycles. The summed E-state index contributed by atoms with van der Waals surface area (Å²) in [5.74, 6) is -0.489. The van der Waals surface area contributed by atoms with Crippen molar-refractivity contribution in [1.82, 2.24) is 4.90 Å². The summed E-state index contributed by atoms with van der Waals surface area (Å²) in [4.78, 5) is 37.8. The van der Waals surface area contributed by atoms with Crippen molar-refractivity contribution in [2.75, 3.05) is 6.54 Å². The molecule has 23 heavy (non-hydrogen) atoms. The maximum absolute atomic E-state index is 12.3.